The first-order valence-electron chi connectivity index (χ1n) is 28.5. The maximum atomic E-state index is 14.9. The summed E-state index contributed by atoms with van der Waals surface area (Å²) in [6.45, 7) is 3.90. The molecule has 0 saturated carbocycles. The summed E-state index contributed by atoms with van der Waals surface area (Å²) in [4.78, 5) is 137. The Hall–Kier alpha value is -9.27. The van der Waals surface area contributed by atoms with E-state index in [4.69, 9.17) is 29.8 Å². The number of thiazole rings is 2. The van der Waals surface area contributed by atoms with Crippen LogP contribution in [0.5, 0.6) is 11.5 Å². The number of ether oxygens (including phenoxy) is 4. The molecule has 6 aliphatic rings. The first kappa shape index (κ1) is 69.6. The number of fused-ring (bicyclic) bond motifs is 2. The van der Waals surface area contributed by atoms with Gasteiger partial charge in [-0.25, -0.2) is 23.5 Å². The maximum absolute atomic E-state index is 14.9. The summed E-state index contributed by atoms with van der Waals surface area (Å²) in [6, 6.07) is 12.2. The molecule has 6 aromatic rings. The van der Waals surface area contributed by atoms with Crippen molar-refractivity contribution < 1.29 is 89.6 Å². The molecule has 0 aliphatic carbocycles. The molecular formula is C61H61ClF4N10O15S2. The van der Waals surface area contributed by atoms with Gasteiger partial charge in [0.05, 0.1) is 66.7 Å². The van der Waals surface area contributed by atoms with E-state index in [1.165, 1.54) is 46.9 Å². The predicted molar refractivity (Wildman–Crippen MR) is 330 cm³/mol. The van der Waals surface area contributed by atoms with Crippen molar-refractivity contribution in [1.29, 1.82) is 0 Å². The van der Waals surface area contributed by atoms with E-state index in [-0.39, 0.29) is 111 Å². The highest BCUT2D eigenvalue weighted by atomic mass is 35.5. The smallest absolute Gasteiger partial charge is 0.341 e. The van der Waals surface area contributed by atoms with Crippen LogP contribution in [-0.4, -0.2) is 168 Å². The zero-order valence-electron chi connectivity index (χ0n) is 48.5. The second-order valence-electron chi connectivity index (χ2n) is 20.9. The van der Waals surface area contributed by atoms with E-state index in [2.05, 4.69) is 25.9 Å². The van der Waals surface area contributed by atoms with Gasteiger partial charge in [-0.1, -0.05) is 25.6 Å². The van der Waals surface area contributed by atoms with E-state index < -0.39 is 113 Å². The number of anilines is 3. The Balaban J connectivity index is 0.000000195. The van der Waals surface area contributed by atoms with Crippen LogP contribution in [-0.2, 0) is 44.7 Å². The standard InChI is InChI=1S/C31H28F2N4O7S.C15H14F2N2O4S.C14H14N4O4.CH4.ClH/c32-21-8-7-19(22-16-45-31(34-22)36-11-13-43-14-12-36)27(26(21)33)44-15-18(38)5-1-3-17-4-2-6-20-25(17)30(42)37(29(20)41)23-9-10-24(39)35-28(23)40;16-10-2-1-9(14(13(10)17)23-7-12(20)21)11-8-24-15(18-11)19-3-5-22-6-4-19;15-6-16-8-3-1-2-7-11(8)14(22)18(13(7)21)9-4-5-10(19)17-12(9)20;;/h2,4,6-8,16,23H,1,3,5,9-15H2,(H,35,39,40);1-2,8H,3-7H2,(H,20,21);1-3,9,16H,4-6,15H2,(H,17,19,20);1H4;1H. The molecule has 12 rings (SSSR count). The SMILES string of the molecule is C.Cl.NCNc1cccc2c1C(=O)N(C1CCC(=O)NC1=O)C2=O.O=C(CCCc1cccc2c1C(=O)N(C1CCC(=O)NC1=O)C2=O)COc1c(-c2csc(N3CCOCC3)n2)ccc(F)c1F.O=C(O)COc1c(-c2csc(N3CCOCC3)n2)ccc(F)c1F. The van der Waals surface area contributed by atoms with E-state index in [1.807, 2.05) is 9.80 Å². The van der Waals surface area contributed by atoms with Gasteiger partial charge in [0, 0.05) is 73.0 Å². The quantitative estimate of drug-likeness (QED) is 0.0365. The van der Waals surface area contributed by atoms with Crippen LogP contribution in [0.1, 0.15) is 92.9 Å². The number of aromatic nitrogens is 2. The van der Waals surface area contributed by atoms with Gasteiger partial charge in [-0.3, -0.25) is 63.6 Å². The van der Waals surface area contributed by atoms with Crippen molar-refractivity contribution in [3.05, 3.63) is 123 Å². The molecule has 0 bridgehead atoms. The van der Waals surface area contributed by atoms with E-state index in [1.54, 1.807) is 35.0 Å². The number of halogens is 5. The molecule has 2 aromatic heterocycles. The first-order valence-corrected chi connectivity index (χ1v) is 30.2. The monoisotopic (exact) mass is 1350 g/mol. The molecule has 8 amide bonds. The predicted octanol–water partition coefficient (Wildman–Crippen LogP) is 6.16. The summed E-state index contributed by atoms with van der Waals surface area (Å²) in [5, 5.41) is 20.7. The molecule has 0 spiro atoms. The number of hydrogen-bond donors (Lipinski definition) is 5. The van der Waals surface area contributed by atoms with Crippen molar-refractivity contribution in [2.75, 3.05) is 87.6 Å². The average molecular weight is 1350 g/mol. The van der Waals surface area contributed by atoms with Crippen LogP contribution in [0.3, 0.4) is 0 Å². The van der Waals surface area contributed by atoms with Gasteiger partial charge in [-0.2, -0.15) is 8.78 Å². The number of aryl methyl sites for hydroxylation is 1. The van der Waals surface area contributed by atoms with Gasteiger partial charge in [0.2, 0.25) is 35.3 Å². The number of nitrogens with two attached hydrogens (primary N) is 1. The third-order valence-electron chi connectivity index (χ3n) is 15.1. The van der Waals surface area contributed by atoms with Crippen LogP contribution in [0, 0.1) is 23.3 Å². The van der Waals surface area contributed by atoms with Gasteiger partial charge in [-0.05, 0) is 73.7 Å². The van der Waals surface area contributed by atoms with Gasteiger partial charge >= 0.3 is 5.97 Å². The number of imide groups is 4. The van der Waals surface area contributed by atoms with E-state index >= 15 is 0 Å². The lowest BCUT2D eigenvalue weighted by Gasteiger charge is -2.27. The molecule has 2 atom stereocenters. The van der Waals surface area contributed by atoms with Gasteiger partial charge in [0.25, 0.3) is 23.6 Å². The molecule has 25 nitrogen and oxygen atoms in total. The number of carboxylic acid groups (broad SMARTS) is 1. The first-order chi connectivity index (χ1) is 43.8. The van der Waals surface area contributed by atoms with Crippen molar-refractivity contribution >= 4 is 110 Å². The lowest BCUT2D eigenvalue weighted by molar-refractivity contribution is -0.139. The Bertz CT molecular complexity index is 3900. The number of carboxylic acids is 1. The largest absolute Gasteiger partial charge is 0.482 e. The highest BCUT2D eigenvalue weighted by Gasteiger charge is 2.47. The number of hydrogen-bond acceptors (Lipinski definition) is 22. The van der Waals surface area contributed by atoms with E-state index in [9.17, 15) is 65.5 Å². The zero-order chi connectivity index (χ0) is 64.6. The summed E-state index contributed by atoms with van der Waals surface area (Å²) in [5.74, 6) is -11.7. The summed E-state index contributed by atoms with van der Waals surface area (Å²) >= 11 is 2.72. The zero-order valence-corrected chi connectivity index (χ0v) is 50.9. The van der Waals surface area contributed by atoms with Crippen molar-refractivity contribution in [1.82, 2.24) is 30.4 Å². The number of Topliss-reactive ketones (excluding diaryl/α,β-unsaturated/α-hetero) is 1. The van der Waals surface area contributed by atoms with Crippen LogP contribution >= 0.6 is 35.1 Å². The molecular weight excluding hydrogens is 1290 g/mol. The number of carbonyl (C=O) groups excluding carboxylic acids is 9. The number of piperidine rings is 2. The number of morpholine rings is 2. The third-order valence-corrected chi connectivity index (χ3v) is 16.9. The number of benzene rings is 4. The van der Waals surface area contributed by atoms with E-state index in [0.29, 0.717) is 80.4 Å². The molecule has 6 N–H and O–H groups in total. The fourth-order valence-corrected chi connectivity index (χ4v) is 12.5. The van der Waals surface area contributed by atoms with E-state index in [0.717, 1.165) is 27.1 Å². The summed E-state index contributed by atoms with van der Waals surface area (Å²) < 4.78 is 77.6. The fraction of sp³-hybridized carbons (Fsp3) is 0.344. The molecule has 0 radical (unpaired) electrons. The van der Waals surface area contributed by atoms with Crippen LogP contribution in [0.4, 0.5) is 33.5 Å². The maximum Gasteiger partial charge on any atom is 0.341 e. The molecule has 32 heteroatoms. The summed E-state index contributed by atoms with van der Waals surface area (Å²) in [7, 11) is 0. The van der Waals surface area contributed by atoms with Crippen molar-refractivity contribution in [3.8, 4) is 34.0 Å². The topological polar surface area (TPSA) is 329 Å². The van der Waals surface area contributed by atoms with Gasteiger partial charge in [-0.15, -0.1) is 35.1 Å². The minimum absolute atomic E-state index is 0. The number of nitrogens with zero attached hydrogens (tertiary/aromatic N) is 6. The Labute approximate surface area is 541 Å². The molecule has 4 saturated heterocycles. The highest BCUT2D eigenvalue weighted by Crippen LogP contribution is 2.39. The number of carbonyl (C=O) groups is 10. The Kier molecular flexibility index (Phi) is 23.1. The second kappa shape index (κ2) is 30.9. The van der Waals surface area contributed by atoms with Crippen LogP contribution in [0.25, 0.3) is 22.5 Å². The lowest BCUT2D eigenvalue weighted by atomic mass is 9.98. The average Bonchev–Trinajstić information content (AvgIpc) is 1.63. The Morgan fingerprint density at radius 2 is 1.10 bits per heavy atom. The lowest BCUT2D eigenvalue weighted by Crippen LogP contribution is -2.54. The van der Waals surface area contributed by atoms with Crippen LogP contribution in [0.2, 0.25) is 0 Å². The number of ketones is 1. The fourth-order valence-electron chi connectivity index (χ4n) is 10.7. The number of aliphatic carboxylic acids is 1. The Morgan fingerprint density at radius 3 is 1.57 bits per heavy atom. The molecule has 492 valence electrons. The molecule has 2 unspecified atom stereocenters. The highest BCUT2D eigenvalue weighted by molar-refractivity contribution is 7.14. The molecule has 4 aromatic carbocycles. The van der Waals surface area contributed by atoms with Crippen molar-refractivity contribution in [2.45, 2.75) is 64.5 Å². The Morgan fingerprint density at radius 1 is 0.634 bits per heavy atom. The minimum atomic E-state index is -1.28. The van der Waals surface area contributed by atoms with Gasteiger partial charge in [0.1, 0.15) is 18.7 Å². The molecule has 4 fully saturated rings. The summed E-state index contributed by atoms with van der Waals surface area (Å²) in [6.07, 6.45) is 0.846. The van der Waals surface area contributed by atoms with Crippen LogP contribution in [0.15, 0.2) is 71.4 Å². The van der Waals surface area contributed by atoms with Gasteiger partial charge < -0.3 is 44.9 Å². The van der Waals surface area contributed by atoms with Crippen LogP contribution < -0.4 is 41.0 Å². The van der Waals surface area contributed by atoms with Crippen molar-refractivity contribution in [2.24, 2.45) is 5.73 Å². The summed E-state index contributed by atoms with van der Waals surface area (Å²) in [5.41, 5.74) is 8.42. The normalized spacial score (nSPS) is 17.6. The third kappa shape index (κ3) is 15.3. The molecule has 8 heterocycles. The second-order valence-corrected chi connectivity index (χ2v) is 22.6. The number of rotatable bonds is 18. The molecule has 93 heavy (non-hydrogen) atoms. The number of amides is 8. The van der Waals surface area contributed by atoms with Gasteiger partial charge in [0.15, 0.2) is 45.8 Å². The minimum Gasteiger partial charge on any atom is -0.482 e. The van der Waals surface area contributed by atoms with Crippen molar-refractivity contribution in [3.63, 3.8) is 0 Å². The number of nitrogens with one attached hydrogen (secondary N) is 3. The molecule has 6 aliphatic heterocycles.